The largest absolute Gasteiger partial charge is 0.865 e. The Bertz CT molecular complexity index is 896. The highest BCUT2D eigenvalue weighted by molar-refractivity contribution is 5.85. The van der Waals surface area contributed by atoms with Crippen LogP contribution in [0.4, 0.5) is 5.69 Å². The van der Waals surface area contributed by atoms with Crippen LogP contribution in [0, 0.1) is 10.1 Å². The molecule has 0 aromatic heterocycles. The summed E-state index contributed by atoms with van der Waals surface area (Å²) in [6.45, 7) is 4.00. The summed E-state index contributed by atoms with van der Waals surface area (Å²) in [5, 5.41) is 26.4. The molecule has 1 atom stereocenters. The number of hydrazone groups is 1. The van der Waals surface area contributed by atoms with Gasteiger partial charge in [-0.1, -0.05) is 26.0 Å². The Labute approximate surface area is 168 Å². The number of methoxy groups -OCH3 is 1. The first kappa shape index (κ1) is 21.7. The molecule has 0 spiro atoms. The maximum Gasteiger partial charge on any atom is 0.277 e. The van der Waals surface area contributed by atoms with Gasteiger partial charge in [0.15, 0.2) is 6.61 Å². The molecule has 0 saturated carbocycles. The van der Waals surface area contributed by atoms with E-state index in [2.05, 4.69) is 24.4 Å². The van der Waals surface area contributed by atoms with Crippen LogP contribution in [0.2, 0.25) is 0 Å². The van der Waals surface area contributed by atoms with Crippen molar-refractivity contribution in [2.45, 2.75) is 26.2 Å². The molecule has 0 aliphatic heterocycles. The van der Waals surface area contributed by atoms with Gasteiger partial charge in [-0.2, -0.15) is 5.10 Å². The van der Waals surface area contributed by atoms with Gasteiger partial charge in [0, 0.05) is 17.4 Å². The van der Waals surface area contributed by atoms with E-state index in [4.69, 9.17) is 9.47 Å². The lowest BCUT2D eigenvalue weighted by Crippen LogP contribution is -2.24. The molecule has 0 bridgehead atoms. The second-order valence-corrected chi connectivity index (χ2v) is 6.29. The number of carbonyl (C=O) groups excluding carboxylic acids is 1. The number of hydrogen-bond donors (Lipinski definition) is 1. The number of carbonyl (C=O) groups is 1. The van der Waals surface area contributed by atoms with Crippen molar-refractivity contribution in [1.29, 1.82) is 0 Å². The topological polar surface area (TPSA) is 126 Å². The molecule has 0 aliphatic carbocycles. The van der Waals surface area contributed by atoms with E-state index in [1.807, 2.05) is 12.1 Å². The number of hydrogen-bond acceptors (Lipinski definition) is 7. The zero-order chi connectivity index (χ0) is 21.4. The Morgan fingerprint density at radius 1 is 1.31 bits per heavy atom. The van der Waals surface area contributed by atoms with Crippen LogP contribution in [0.15, 0.2) is 41.5 Å². The minimum Gasteiger partial charge on any atom is -0.865 e. The molecule has 0 saturated heterocycles. The quantitative estimate of drug-likeness (QED) is 0.392. The van der Waals surface area contributed by atoms with E-state index < -0.39 is 22.3 Å². The molecule has 9 nitrogen and oxygen atoms in total. The SMILES string of the molecule is CC[C@H](C)c1ccc(OCC(=O)NN=Cc2cc(OC)c([O-])c([N+](=O)[O-])c2)cc1. The lowest BCUT2D eigenvalue weighted by atomic mass is 9.99. The second kappa shape index (κ2) is 10.1. The smallest absolute Gasteiger partial charge is 0.277 e. The Balaban J connectivity index is 1.93. The maximum absolute atomic E-state index is 11.8. The van der Waals surface area contributed by atoms with Gasteiger partial charge in [0.1, 0.15) is 11.5 Å². The number of amides is 1. The number of nitrogens with zero attached hydrogens (tertiary/aromatic N) is 2. The van der Waals surface area contributed by atoms with Crippen molar-refractivity contribution in [3.63, 3.8) is 0 Å². The van der Waals surface area contributed by atoms with Gasteiger partial charge >= 0.3 is 0 Å². The molecule has 0 unspecified atom stereocenters. The molecule has 29 heavy (non-hydrogen) atoms. The van der Waals surface area contributed by atoms with E-state index in [0.29, 0.717) is 11.7 Å². The number of ether oxygens (including phenoxy) is 2. The standard InChI is InChI=1S/C20H23N3O6/c1-4-13(2)15-5-7-16(8-6-15)29-12-19(24)22-21-11-14-9-17(23(26)27)20(25)18(10-14)28-3/h5-11,13,25H,4,12H2,1-3H3,(H,22,24)/p-1/t13-/m0/s1. The first-order valence-electron chi connectivity index (χ1n) is 8.93. The minimum atomic E-state index is -0.827. The third-order valence-electron chi connectivity index (χ3n) is 4.31. The zero-order valence-corrected chi connectivity index (χ0v) is 16.4. The van der Waals surface area contributed by atoms with Crippen molar-refractivity contribution in [3.8, 4) is 17.2 Å². The molecule has 2 aromatic carbocycles. The average molecular weight is 400 g/mol. The van der Waals surface area contributed by atoms with E-state index in [9.17, 15) is 20.0 Å². The molecule has 2 rings (SSSR count). The number of rotatable bonds is 9. The predicted molar refractivity (Wildman–Crippen MR) is 105 cm³/mol. The summed E-state index contributed by atoms with van der Waals surface area (Å²) in [6.07, 6.45) is 2.21. The van der Waals surface area contributed by atoms with E-state index in [1.165, 1.54) is 25.0 Å². The van der Waals surface area contributed by atoms with Crippen molar-refractivity contribution >= 4 is 17.8 Å². The second-order valence-electron chi connectivity index (χ2n) is 6.29. The first-order chi connectivity index (χ1) is 13.8. The van der Waals surface area contributed by atoms with Gasteiger partial charge in [0.05, 0.1) is 18.2 Å². The van der Waals surface area contributed by atoms with Crippen molar-refractivity contribution < 1.29 is 24.3 Å². The summed E-state index contributed by atoms with van der Waals surface area (Å²) in [7, 11) is 1.23. The van der Waals surface area contributed by atoms with Crippen LogP contribution in [0.5, 0.6) is 17.2 Å². The van der Waals surface area contributed by atoms with Gasteiger partial charge < -0.3 is 14.6 Å². The number of benzene rings is 2. The van der Waals surface area contributed by atoms with Crippen molar-refractivity contribution in [1.82, 2.24) is 5.43 Å². The first-order valence-corrected chi connectivity index (χ1v) is 8.93. The maximum atomic E-state index is 11.8. The Morgan fingerprint density at radius 3 is 2.59 bits per heavy atom. The molecule has 0 radical (unpaired) electrons. The summed E-state index contributed by atoms with van der Waals surface area (Å²) in [5.41, 5.74) is 3.05. The van der Waals surface area contributed by atoms with Crippen LogP contribution in [-0.4, -0.2) is 30.8 Å². The zero-order valence-electron chi connectivity index (χ0n) is 16.4. The van der Waals surface area contributed by atoms with E-state index >= 15 is 0 Å². The van der Waals surface area contributed by atoms with Crippen molar-refractivity contribution in [2.75, 3.05) is 13.7 Å². The molecule has 1 amide bonds. The predicted octanol–water partition coefficient (Wildman–Crippen LogP) is 2.72. The molecule has 1 N–H and O–H groups in total. The molecule has 0 heterocycles. The molecule has 0 fully saturated rings. The van der Waals surface area contributed by atoms with E-state index in [1.54, 1.807) is 12.1 Å². The van der Waals surface area contributed by atoms with Crippen molar-refractivity contribution in [2.24, 2.45) is 5.10 Å². The van der Waals surface area contributed by atoms with Gasteiger partial charge in [0.2, 0.25) is 0 Å². The fourth-order valence-corrected chi connectivity index (χ4v) is 2.46. The van der Waals surface area contributed by atoms with E-state index in [-0.39, 0.29) is 17.9 Å². The molecular formula is C20H22N3O6-. The average Bonchev–Trinajstić information content (AvgIpc) is 2.72. The molecular weight excluding hydrogens is 378 g/mol. The lowest BCUT2D eigenvalue weighted by Gasteiger charge is -2.13. The highest BCUT2D eigenvalue weighted by Crippen LogP contribution is 2.33. The highest BCUT2D eigenvalue weighted by atomic mass is 16.6. The minimum absolute atomic E-state index is 0.184. The Kier molecular flexibility index (Phi) is 7.53. The third kappa shape index (κ3) is 5.93. The molecule has 154 valence electrons. The van der Waals surface area contributed by atoms with Crippen LogP contribution < -0.4 is 20.0 Å². The molecule has 2 aromatic rings. The third-order valence-corrected chi connectivity index (χ3v) is 4.31. The van der Waals surface area contributed by atoms with Crippen LogP contribution in [0.1, 0.15) is 37.3 Å². The van der Waals surface area contributed by atoms with Crippen LogP contribution in [0.25, 0.3) is 0 Å². The van der Waals surface area contributed by atoms with Gasteiger partial charge in [0.25, 0.3) is 11.6 Å². The van der Waals surface area contributed by atoms with Gasteiger partial charge in [-0.15, -0.1) is 0 Å². The van der Waals surface area contributed by atoms with Crippen LogP contribution in [0.3, 0.4) is 0 Å². The summed E-state index contributed by atoms with van der Waals surface area (Å²) < 4.78 is 10.2. The summed E-state index contributed by atoms with van der Waals surface area (Å²) in [5.74, 6) is -0.508. The number of nitro benzene ring substituents is 1. The summed E-state index contributed by atoms with van der Waals surface area (Å²) in [4.78, 5) is 22.0. The van der Waals surface area contributed by atoms with Gasteiger partial charge in [-0.25, -0.2) is 5.43 Å². The Morgan fingerprint density at radius 2 is 2.00 bits per heavy atom. The fraction of sp³-hybridized carbons (Fsp3) is 0.300. The van der Waals surface area contributed by atoms with Crippen LogP contribution in [-0.2, 0) is 4.79 Å². The molecule has 9 heteroatoms. The number of nitro groups is 1. The fourth-order valence-electron chi connectivity index (χ4n) is 2.46. The van der Waals surface area contributed by atoms with Crippen LogP contribution >= 0.6 is 0 Å². The summed E-state index contributed by atoms with van der Waals surface area (Å²) >= 11 is 0. The highest BCUT2D eigenvalue weighted by Gasteiger charge is 2.13. The van der Waals surface area contributed by atoms with Gasteiger partial charge in [-0.3, -0.25) is 14.9 Å². The van der Waals surface area contributed by atoms with Crippen molar-refractivity contribution in [3.05, 3.63) is 57.6 Å². The monoisotopic (exact) mass is 400 g/mol. The summed E-state index contributed by atoms with van der Waals surface area (Å²) in [6, 6.07) is 9.86. The molecule has 0 aliphatic rings. The lowest BCUT2D eigenvalue weighted by molar-refractivity contribution is -0.398. The number of nitrogens with one attached hydrogen (secondary N) is 1. The normalized spacial score (nSPS) is 11.8. The van der Waals surface area contributed by atoms with Gasteiger partial charge in [-0.05, 0) is 36.1 Å². The Hall–Kier alpha value is -3.62. The van der Waals surface area contributed by atoms with E-state index in [0.717, 1.165) is 12.5 Å².